The molecule has 3 rings (SSSR count). The fraction of sp³-hybridized carbons (Fsp3) is 0.286. The van der Waals surface area contributed by atoms with Crippen molar-refractivity contribution in [2.45, 2.75) is 12.5 Å². The average Bonchev–Trinajstić information content (AvgIpc) is 2.99. The molecule has 1 N–H and O–H groups in total. The van der Waals surface area contributed by atoms with Gasteiger partial charge in [0, 0.05) is 6.42 Å². The van der Waals surface area contributed by atoms with Crippen LogP contribution in [0.25, 0.3) is 0 Å². The van der Waals surface area contributed by atoms with Crippen molar-refractivity contribution in [2.75, 3.05) is 13.7 Å². The molecule has 0 bridgehead atoms. The van der Waals surface area contributed by atoms with E-state index < -0.39 is 0 Å². The molecule has 1 aliphatic heterocycles. The highest BCUT2D eigenvalue weighted by atomic mass is 32.1. The minimum atomic E-state index is 0.284. The number of fused-ring (bicyclic) bond motifs is 1. The van der Waals surface area contributed by atoms with E-state index in [4.69, 9.17) is 4.74 Å². The maximum atomic E-state index is 5.54. The molecule has 0 amide bonds. The summed E-state index contributed by atoms with van der Waals surface area (Å²) in [7, 11) is 2.01. The Bertz CT molecular complexity index is 507. The molecule has 1 aliphatic rings. The van der Waals surface area contributed by atoms with Crippen molar-refractivity contribution in [1.82, 2.24) is 5.32 Å². The van der Waals surface area contributed by atoms with Gasteiger partial charge >= 0.3 is 0 Å². The van der Waals surface area contributed by atoms with Crippen LogP contribution >= 0.6 is 11.3 Å². The van der Waals surface area contributed by atoms with Gasteiger partial charge in [0.1, 0.15) is 5.75 Å². The lowest BCUT2D eigenvalue weighted by Crippen LogP contribution is -2.16. The predicted molar refractivity (Wildman–Crippen MR) is 70.9 cm³/mol. The van der Waals surface area contributed by atoms with E-state index in [9.17, 15) is 0 Å². The van der Waals surface area contributed by atoms with Crippen LogP contribution in [0.2, 0.25) is 0 Å². The van der Waals surface area contributed by atoms with E-state index in [1.54, 1.807) is 11.3 Å². The molecular weight excluding hydrogens is 230 g/mol. The van der Waals surface area contributed by atoms with Crippen LogP contribution < -0.4 is 10.1 Å². The van der Waals surface area contributed by atoms with Gasteiger partial charge in [-0.2, -0.15) is 11.3 Å². The van der Waals surface area contributed by atoms with Crippen molar-refractivity contribution in [3.63, 3.8) is 0 Å². The average molecular weight is 245 g/mol. The molecule has 3 heteroatoms. The van der Waals surface area contributed by atoms with Gasteiger partial charge < -0.3 is 10.1 Å². The molecule has 2 aromatic rings. The van der Waals surface area contributed by atoms with Crippen molar-refractivity contribution < 1.29 is 4.74 Å². The highest BCUT2D eigenvalue weighted by molar-refractivity contribution is 7.08. The molecule has 88 valence electrons. The molecule has 0 aliphatic carbocycles. The van der Waals surface area contributed by atoms with Gasteiger partial charge in [0.2, 0.25) is 0 Å². The fourth-order valence-electron chi connectivity index (χ4n) is 2.35. The summed E-state index contributed by atoms with van der Waals surface area (Å²) in [6.45, 7) is 0.821. The Hall–Kier alpha value is -1.32. The monoisotopic (exact) mass is 245 g/mol. The van der Waals surface area contributed by atoms with Crippen LogP contribution in [-0.4, -0.2) is 13.7 Å². The van der Waals surface area contributed by atoms with E-state index in [1.807, 2.05) is 7.05 Å². The standard InChI is InChI=1S/C14H15NOS/c1-15-14(12-5-7-17-9-12)11-2-3-13-10(8-11)4-6-16-13/h2-3,5,7-9,14-15H,4,6H2,1H3. The lowest BCUT2D eigenvalue weighted by molar-refractivity contribution is 0.357. The number of hydrogen-bond donors (Lipinski definition) is 1. The number of benzene rings is 1. The topological polar surface area (TPSA) is 21.3 Å². The van der Waals surface area contributed by atoms with Crippen LogP contribution in [-0.2, 0) is 6.42 Å². The Labute approximate surface area is 105 Å². The summed E-state index contributed by atoms with van der Waals surface area (Å²) in [5, 5.41) is 7.70. The van der Waals surface area contributed by atoms with E-state index in [1.165, 1.54) is 16.7 Å². The molecule has 0 spiro atoms. The Balaban J connectivity index is 1.97. The number of nitrogens with one attached hydrogen (secondary N) is 1. The third-order valence-electron chi connectivity index (χ3n) is 3.21. The van der Waals surface area contributed by atoms with Crippen LogP contribution in [0, 0.1) is 0 Å². The number of ether oxygens (including phenoxy) is 1. The van der Waals surface area contributed by atoms with E-state index in [0.29, 0.717) is 0 Å². The summed E-state index contributed by atoms with van der Waals surface area (Å²) >= 11 is 1.74. The van der Waals surface area contributed by atoms with Crippen molar-refractivity contribution >= 4 is 11.3 Å². The van der Waals surface area contributed by atoms with Crippen molar-refractivity contribution in [3.05, 3.63) is 51.7 Å². The minimum Gasteiger partial charge on any atom is -0.493 e. The smallest absolute Gasteiger partial charge is 0.122 e. The summed E-state index contributed by atoms with van der Waals surface area (Å²) in [6, 6.07) is 8.97. The summed E-state index contributed by atoms with van der Waals surface area (Å²) in [4.78, 5) is 0. The van der Waals surface area contributed by atoms with E-state index >= 15 is 0 Å². The first-order valence-corrected chi connectivity index (χ1v) is 6.78. The lowest BCUT2D eigenvalue weighted by atomic mass is 9.98. The highest BCUT2D eigenvalue weighted by Gasteiger charge is 2.17. The van der Waals surface area contributed by atoms with Gasteiger partial charge in [-0.05, 0) is 46.6 Å². The maximum Gasteiger partial charge on any atom is 0.122 e. The number of thiophene rings is 1. The summed E-state index contributed by atoms with van der Waals surface area (Å²) < 4.78 is 5.54. The molecule has 2 nitrogen and oxygen atoms in total. The second-order valence-corrected chi connectivity index (χ2v) is 5.02. The normalized spacial score (nSPS) is 15.4. The van der Waals surface area contributed by atoms with E-state index in [2.05, 4.69) is 40.3 Å². The van der Waals surface area contributed by atoms with E-state index in [-0.39, 0.29) is 6.04 Å². The molecule has 1 aromatic heterocycles. The third kappa shape index (κ3) is 1.96. The van der Waals surface area contributed by atoms with Gasteiger partial charge in [0.15, 0.2) is 0 Å². The Morgan fingerprint density at radius 2 is 2.24 bits per heavy atom. The number of hydrogen-bond acceptors (Lipinski definition) is 3. The van der Waals surface area contributed by atoms with Crippen molar-refractivity contribution in [3.8, 4) is 5.75 Å². The molecule has 1 aromatic carbocycles. The SMILES string of the molecule is CNC(c1ccsc1)c1ccc2c(c1)CCO2. The van der Waals surface area contributed by atoms with Gasteiger partial charge in [-0.25, -0.2) is 0 Å². The molecule has 2 heterocycles. The van der Waals surface area contributed by atoms with Crippen molar-refractivity contribution in [2.24, 2.45) is 0 Å². The lowest BCUT2D eigenvalue weighted by Gasteiger charge is -2.16. The fourth-order valence-corrected chi connectivity index (χ4v) is 3.04. The maximum absolute atomic E-state index is 5.54. The molecule has 1 atom stereocenters. The Morgan fingerprint density at radius 3 is 3.00 bits per heavy atom. The van der Waals surface area contributed by atoms with Crippen LogP contribution in [0.3, 0.4) is 0 Å². The summed E-state index contributed by atoms with van der Waals surface area (Å²) in [5.74, 6) is 1.05. The Morgan fingerprint density at radius 1 is 1.29 bits per heavy atom. The minimum absolute atomic E-state index is 0.284. The Kier molecular flexibility index (Phi) is 2.87. The van der Waals surface area contributed by atoms with E-state index in [0.717, 1.165) is 18.8 Å². The summed E-state index contributed by atoms with van der Waals surface area (Å²) in [5.41, 5.74) is 3.98. The predicted octanol–water partition coefficient (Wildman–Crippen LogP) is 2.99. The largest absolute Gasteiger partial charge is 0.493 e. The highest BCUT2D eigenvalue weighted by Crippen LogP contribution is 2.30. The van der Waals surface area contributed by atoms with Crippen molar-refractivity contribution in [1.29, 1.82) is 0 Å². The van der Waals surface area contributed by atoms with Gasteiger partial charge in [-0.1, -0.05) is 12.1 Å². The number of rotatable bonds is 3. The third-order valence-corrected chi connectivity index (χ3v) is 3.91. The van der Waals surface area contributed by atoms with Gasteiger partial charge in [0.25, 0.3) is 0 Å². The second-order valence-electron chi connectivity index (χ2n) is 4.24. The first-order valence-electron chi connectivity index (χ1n) is 5.83. The first kappa shape index (κ1) is 10.8. The second kappa shape index (κ2) is 4.51. The molecule has 0 saturated heterocycles. The van der Waals surface area contributed by atoms with Crippen LogP contribution in [0.4, 0.5) is 0 Å². The van der Waals surface area contributed by atoms with Gasteiger partial charge in [-0.15, -0.1) is 0 Å². The summed E-state index contributed by atoms with van der Waals surface area (Å²) in [6.07, 6.45) is 1.03. The van der Waals surface area contributed by atoms with Gasteiger partial charge in [0.05, 0.1) is 12.6 Å². The molecular formula is C14H15NOS. The molecule has 0 saturated carbocycles. The van der Waals surface area contributed by atoms with Crippen LogP contribution in [0.1, 0.15) is 22.7 Å². The van der Waals surface area contributed by atoms with Gasteiger partial charge in [-0.3, -0.25) is 0 Å². The zero-order chi connectivity index (χ0) is 11.7. The zero-order valence-electron chi connectivity index (χ0n) is 9.77. The zero-order valence-corrected chi connectivity index (χ0v) is 10.6. The first-order chi connectivity index (χ1) is 8.38. The molecule has 1 unspecified atom stereocenters. The molecule has 0 fully saturated rings. The van der Waals surface area contributed by atoms with Crippen LogP contribution in [0.15, 0.2) is 35.0 Å². The molecule has 17 heavy (non-hydrogen) atoms. The van der Waals surface area contributed by atoms with Crippen LogP contribution in [0.5, 0.6) is 5.75 Å². The quantitative estimate of drug-likeness (QED) is 0.897. The molecule has 0 radical (unpaired) electrons.